The smallest absolute Gasteiger partial charge is 0.341 e. The van der Waals surface area contributed by atoms with Gasteiger partial charge in [0, 0.05) is 21.9 Å². The minimum Gasteiger partial charge on any atom is -0.497 e. The zero-order chi connectivity index (χ0) is 26.6. The summed E-state index contributed by atoms with van der Waals surface area (Å²) >= 11 is 1.30. The number of rotatable bonds is 7. The van der Waals surface area contributed by atoms with Crippen LogP contribution in [0.1, 0.15) is 33.2 Å². The molecular formula is C31H26N2O4S. The van der Waals surface area contributed by atoms with Crippen molar-refractivity contribution in [3.63, 3.8) is 0 Å². The Bertz CT molecular complexity index is 1640. The summed E-state index contributed by atoms with van der Waals surface area (Å²) in [6, 6.07) is 24.7. The van der Waals surface area contributed by atoms with Gasteiger partial charge in [0.05, 0.1) is 30.5 Å². The number of para-hydroxylation sites is 1. The van der Waals surface area contributed by atoms with E-state index in [1.54, 1.807) is 20.1 Å². The number of aromatic nitrogens is 1. The quantitative estimate of drug-likeness (QED) is 0.226. The Kier molecular flexibility index (Phi) is 7.20. The van der Waals surface area contributed by atoms with Crippen LogP contribution in [0, 0.1) is 6.92 Å². The van der Waals surface area contributed by atoms with Crippen LogP contribution in [0.5, 0.6) is 5.75 Å². The number of amides is 1. The molecule has 1 amide bonds. The van der Waals surface area contributed by atoms with Crippen molar-refractivity contribution < 1.29 is 19.1 Å². The molecule has 0 atom stereocenters. The molecule has 0 saturated heterocycles. The van der Waals surface area contributed by atoms with E-state index in [1.807, 2.05) is 85.1 Å². The Hall–Kier alpha value is -4.49. The summed E-state index contributed by atoms with van der Waals surface area (Å²) in [5.41, 5.74) is 5.68. The van der Waals surface area contributed by atoms with Crippen molar-refractivity contribution in [3.8, 4) is 28.1 Å². The van der Waals surface area contributed by atoms with Crippen molar-refractivity contribution in [2.45, 2.75) is 13.8 Å². The molecule has 0 unspecified atom stereocenters. The molecule has 190 valence electrons. The Morgan fingerprint density at radius 3 is 2.50 bits per heavy atom. The summed E-state index contributed by atoms with van der Waals surface area (Å²) in [4.78, 5) is 31.6. The number of carbonyl (C=O) groups is 2. The normalized spacial score (nSPS) is 10.8. The number of esters is 1. The van der Waals surface area contributed by atoms with Gasteiger partial charge < -0.3 is 14.8 Å². The Labute approximate surface area is 224 Å². The lowest BCUT2D eigenvalue weighted by molar-refractivity contribution is 0.0529. The maximum Gasteiger partial charge on any atom is 0.341 e. The predicted octanol–water partition coefficient (Wildman–Crippen LogP) is 7.38. The number of thiophene rings is 1. The third-order valence-electron chi connectivity index (χ3n) is 6.19. The molecule has 2 aromatic heterocycles. The summed E-state index contributed by atoms with van der Waals surface area (Å²) < 4.78 is 10.7. The van der Waals surface area contributed by atoms with Crippen LogP contribution in [0.15, 0.2) is 84.2 Å². The van der Waals surface area contributed by atoms with E-state index in [0.29, 0.717) is 38.5 Å². The number of anilines is 1. The SMILES string of the molecule is CCOC(=O)c1c(-c2ccc(C)cc2)csc1NC(=O)c1cc(-c2cccc(OC)c2)nc2ccccc12. The first kappa shape index (κ1) is 25.2. The van der Waals surface area contributed by atoms with Gasteiger partial charge in [-0.3, -0.25) is 4.79 Å². The molecule has 38 heavy (non-hydrogen) atoms. The van der Waals surface area contributed by atoms with Crippen molar-refractivity contribution in [2.24, 2.45) is 0 Å². The van der Waals surface area contributed by atoms with Crippen LogP contribution in [0.3, 0.4) is 0 Å². The third kappa shape index (κ3) is 5.01. The second kappa shape index (κ2) is 10.9. The largest absolute Gasteiger partial charge is 0.497 e. The number of nitrogens with zero attached hydrogens (tertiary/aromatic N) is 1. The number of aryl methyl sites for hydroxylation is 1. The van der Waals surface area contributed by atoms with Gasteiger partial charge in [-0.1, -0.05) is 60.2 Å². The second-order valence-electron chi connectivity index (χ2n) is 8.70. The van der Waals surface area contributed by atoms with Crippen LogP contribution < -0.4 is 10.1 Å². The highest BCUT2D eigenvalue weighted by Gasteiger charge is 2.24. The average Bonchev–Trinajstić information content (AvgIpc) is 3.36. The predicted molar refractivity (Wildman–Crippen MR) is 152 cm³/mol. The van der Waals surface area contributed by atoms with Gasteiger partial charge in [0.2, 0.25) is 0 Å². The van der Waals surface area contributed by atoms with Crippen molar-refractivity contribution in [1.82, 2.24) is 4.98 Å². The molecule has 7 heteroatoms. The fraction of sp³-hybridized carbons (Fsp3) is 0.129. The number of hydrogen-bond donors (Lipinski definition) is 1. The number of methoxy groups -OCH3 is 1. The van der Waals surface area contributed by atoms with Crippen LogP contribution in [0.25, 0.3) is 33.3 Å². The van der Waals surface area contributed by atoms with Gasteiger partial charge in [-0.05, 0) is 43.7 Å². The molecule has 0 spiro atoms. The van der Waals surface area contributed by atoms with Gasteiger partial charge >= 0.3 is 5.97 Å². The zero-order valence-electron chi connectivity index (χ0n) is 21.3. The molecule has 0 saturated carbocycles. The summed E-state index contributed by atoms with van der Waals surface area (Å²) in [5, 5.41) is 6.01. The number of nitrogens with one attached hydrogen (secondary N) is 1. The minimum absolute atomic E-state index is 0.230. The molecule has 3 aromatic carbocycles. The molecule has 0 fully saturated rings. The molecule has 0 aliphatic carbocycles. The molecule has 5 rings (SSSR count). The molecule has 5 aromatic rings. The minimum atomic E-state index is -0.476. The van der Waals surface area contributed by atoms with E-state index in [-0.39, 0.29) is 12.5 Å². The molecule has 0 radical (unpaired) electrons. The summed E-state index contributed by atoms with van der Waals surface area (Å²) in [6.45, 7) is 4.00. The summed E-state index contributed by atoms with van der Waals surface area (Å²) in [5.74, 6) is -0.114. The van der Waals surface area contributed by atoms with Crippen molar-refractivity contribution in [2.75, 3.05) is 19.0 Å². The van der Waals surface area contributed by atoms with Crippen LogP contribution in [-0.2, 0) is 4.74 Å². The Balaban J connectivity index is 1.58. The van der Waals surface area contributed by atoms with Crippen LogP contribution >= 0.6 is 11.3 Å². The van der Waals surface area contributed by atoms with Crippen LogP contribution in [0.2, 0.25) is 0 Å². The van der Waals surface area contributed by atoms with E-state index in [9.17, 15) is 9.59 Å². The van der Waals surface area contributed by atoms with Crippen molar-refractivity contribution in [3.05, 3.63) is 101 Å². The van der Waals surface area contributed by atoms with E-state index >= 15 is 0 Å². The fourth-order valence-electron chi connectivity index (χ4n) is 4.27. The maximum atomic E-state index is 13.7. The maximum absolute atomic E-state index is 13.7. The number of hydrogen-bond acceptors (Lipinski definition) is 6. The highest BCUT2D eigenvalue weighted by atomic mass is 32.1. The lowest BCUT2D eigenvalue weighted by Gasteiger charge is -2.12. The van der Waals surface area contributed by atoms with Crippen molar-refractivity contribution >= 4 is 39.1 Å². The first-order valence-electron chi connectivity index (χ1n) is 12.2. The highest BCUT2D eigenvalue weighted by molar-refractivity contribution is 7.15. The van der Waals surface area contributed by atoms with Gasteiger partial charge in [0.15, 0.2) is 0 Å². The molecular weight excluding hydrogens is 496 g/mol. The lowest BCUT2D eigenvalue weighted by Crippen LogP contribution is -2.15. The van der Waals surface area contributed by atoms with E-state index in [0.717, 1.165) is 22.3 Å². The molecule has 2 heterocycles. The van der Waals surface area contributed by atoms with Gasteiger partial charge in [0.25, 0.3) is 5.91 Å². The summed E-state index contributed by atoms with van der Waals surface area (Å²) in [6.07, 6.45) is 0. The molecule has 0 aliphatic heterocycles. The number of benzene rings is 3. The Morgan fingerprint density at radius 1 is 0.947 bits per heavy atom. The number of carbonyl (C=O) groups excluding carboxylic acids is 2. The van der Waals surface area contributed by atoms with Gasteiger partial charge in [-0.15, -0.1) is 11.3 Å². The third-order valence-corrected chi connectivity index (χ3v) is 7.08. The van der Waals surface area contributed by atoms with E-state index < -0.39 is 5.97 Å². The van der Waals surface area contributed by atoms with E-state index in [2.05, 4.69) is 5.32 Å². The first-order chi connectivity index (χ1) is 18.5. The van der Waals surface area contributed by atoms with E-state index in [4.69, 9.17) is 14.5 Å². The molecule has 1 N–H and O–H groups in total. The molecule has 0 aliphatic rings. The summed E-state index contributed by atoms with van der Waals surface area (Å²) in [7, 11) is 1.61. The standard InChI is InChI=1S/C31H26N2O4S/c1-4-37-31(35)28-25(20-14-12-19(2)13-15-20)18-38-30(28)33-29(34)24-17-27(21-8-7-9-22(16-21)36-3)32-26-11-6-5-10-23(24)26/h5-18H,4H2,1-3H3,(H,33,34). The number of pyridine rings is 1. The lowest BCUT2D eigenvalue weighted by atomic mass is 10.0. The number of fused-ring (bicyclic) bond motifs is 1. The molecule has 0 bridgehead atoms. The average molecular weight is 523 g/mol. The fourth-order valence-corrected chi connectivity index (χ4v) is 5.22. The highest BCUT2D eigenvalue weighted by Crippen LogP contribution is 2.37. The topological polar surface area (TPSA) is 77.5 Å². The monoisotopic (exact) mass is 522 g/mol. The Morgan fingerprint density at radius 2 is 1.74 bits per heavy atom. The second-order valence-corrected chi connectivity index (χ2v) is 9.58. The van der Waals surface area contributed by atoms with Gasteiger partial charge in [0.1, 0.15) is 16.3 Å². The van der Waals surface area contributed by atoms with Crippen LogP contribution in [0.4, 0.5) is 5.00 Å². The first-order valence-corrected chi connectivity index (χ1v) is 13.1. The number of ether oxygens (including phenoxy) is 2. The zero-order valence-corrected chi connectivity index (χ0v) is 22.1. The van der Waals surface area contributed by atoms with Crippen molar-refractivity contribution in [1.29, 1.82) is 0 Å². The van der Waals surface area contributed by atoms with E-state index in [1.165, 1.54) is 11.3 Å². The molecule has 6 nitrogen and oxygen atoms in total. The van der Waals surface area contributed by atoms with Gasteiger partial charge in [-0.25, -0.2) is 9.78 Å². The van der Waals surface area contributed by atoms with Gasteiger partial charge in [-0.2, -0.15) is 0 Å². The van der Waals surface area contributed by atoms with Crippen LogP contribution in [-0.4, -0.2) is 30.6 Å².